The molecule has 0 radical (unpaired) electrons. The van der Waals surface area contributed by atoms with Gasteiger partial charge in [-0.3, -0.25) is 5.84 Å². The lowest BCUT2D eigenvalue weighted by atomic mass is 10.2. The number of para-hydroxylation sites is 1. The Kier molecular flexibility index (Phi) is 1.88. The van der Waals surface area contributed by atoms with Gasteiger partial charge in [0.1, 0.15) is 6.07 Å². The zero-order chi connectivity index (χ0) is 7.40. The molecule has 3 heteroatoms. The Morgan fingerprint density at radius 1 is 1.40 bits per heavy atom. The molecule has 0 saturated heterocycles. The first kappa shape index (κ1) is 6.59. The van der Waals surface area contributed by atoms with E-state index in [9.17, 15) is 0 Å². The van der Waals surface area contributed by atoms with E-state index >= 15 is 0 Å². The van der Waals surface area contributed by atoms with Crippen LogP contribution in [0.3, 0.4) is 0 Å². The summed E-state index contributed by atoms with van der Waals surface area (Å²) in [5.74, 6) is 5.13. The van der Waals surface area contributed by atoms with Crippen molar-refractivity contribution in [1.82, 2.24) is 0 Å². The van der Waals surface area contributed by atoms with E-state index in [1.165, 1.54) is 0 Å². The fraction of sp³-hybridized carbons (Fsp3) is 0. The van der Waals surface area contributed by atoms with Crippen molar-refractivity contribution in [3.63, 3.8) is 0 Å². The number of anilines is 1. The fourth-order valence-electron chi connectivity index (χ4n) is 0.706. The highest BCUT2D eigenvalue weighted by atomic mass is 15.2. The van der Waals surface area contributed by atoms with Crippen LogP contribution in [0, 0.1) is 11.3 Å². The highest BCUT2D eigenvalue weighted by Crippen LogP contribution is 2.10. The Bertz CT molecular complexity index is 262. The normalized spacial score (nSPS) is 8.40. The molecule has 3 nitrogen and oxygen atoms in total. The van der Waals surface area contributed by atoms with E-state index in [1.807, 2.05) is 12.1 Å². The third kappa shape index (κ3) is 1.07. The number of hydrazine groups is 1. The molecule has 0 aliphatic carbocycles. The van der Waals surface area contributed by atoms with Crippen LogP contribution < -0.4 is 11.3 Å². The molecule has 50 valence electrons. The maximum Gasteiger partial charge on any atom is 0.101 e. The predicted molar refractivity (Wildman–Crippen MR) is 39.0 cm³/mol. The Hall–Kier alpha value is -1.53. The number of rotatable bonds is 1. The van der Waals surface area contributed by atoms with Gasteiger partial charge in [-0.15, -0.1) is 0 Å². The van der Waals surface area contributed by atoms with Gasteiger partial charge in [0.2, 0.25) is 0 Å². The molecule has 0 aliphatic rings. The maximum atomic E-state index is 8.50. The minimum Gasteiger partial charge on any atom is -0.323 e. The molecular weight excluding hydrogens is 126 g/mol. The van der Waals surface area contributed by atoms with Crippen molar-refractivity contribution in [2.24, 2.45) is 5.84 Å². The number of nitriles is 1. The minimum atomic E-state index is 0.560. The average molecular weight is 133 g/mol. The molecule has 0 heterocycles. The molecule has 0 atom stereocenters. The molecule has 0 bridgehead atoms. The summed E-state index contributed by atoms with van der Waals surface area (Å²) >= 11 is 0. The van der Waals surface area contributed by atoms with Crippen molar-refractivity contribution in [2.45, 2.75) is 0 Å². The van der Waals surface area contributed by atoms with E-state index in [4.69, 9.17) is 11.1 Å². The fourth-order valence-corrected chi connectivity index (χ4v) is 0.706. The molecule has 0 amide bonds. The van der Waals surface area contributed by atoms with Gasteiger partial charge < -0.3 is 5.43 Å². The Morgan fingerprint density at radius 3 is 2.60 bits per heavy atom. The van der Waals surface area contributed by atoms with Crippen LogP contribution >= 0.6 is 0 Å². The number of nitrogens with one attached hydrogen (secondary N) is 1. The van der Waals surface area contributed by atoms with Crippen molar-refractivity contribution in [1.29, 1.82) is 5.26 Å². The van der Waals surface area contributed by atoms with Gasteiger partial charge in [0.25, 0.3) is 0 Å². The number of hydrogen-bond acceptors (Lipinski definition) is 3. The van der Waals surface area contributed by atoms with Crippen LogP contribution in [0.2, 0.25) is 0 Å². The molecule has 3 N–H and O–H groups in total. The summed E-state index contributed by atoms with van der Waals surface area (Å²) in [6.07, 6.45) is 0. The van der Waals surface area contributed by atoms with Crippen LogP contribution in [0.15, 0.2) is 24.3 Å². The van der Waals surface area contributed by atoms with Crippen molar-refractivity contribution in [3.05, 3.63) is 29.8 Å². The summed E-state index contributed by atoms with van der Waals surface area (Å²) in [5.41, 5.74) is 3.64. The smallest absolute Gasteiger partial charge is 0.101 e. The summed E-state index contributed by atoms with van der Waals surface area (Å²) in [6, 6.07) is 9.06. The highest BCUT2D eigenvalue weighted by Gasteiger charge is 1.94. The molecule has 0 aliphatic heterocycles. The van der Waals surface area contributed by atoms with E-state index in [1.54, 1.807) is 18.2 Å². The van der Waals surface area contributed by atoms with Crippen molar-refractivity contribution >= 4 is 5.69 Å². The number of benzene rings is 1. The molecule has 1 aromatic rings. The number of nitrogens with zero attached hydrogens (tertiary/aromatic N) is 1. The molecular formula is C7H7N3. The van der Waals surface area contributed by atoms with Crippen LogP contribution in [-0.4, -0.2) is 0 Å². The van der Waals surface area contributed by atoms with Gasteiger partial charge in [-0.05, 0) is 12.1 Å². The topological polar surface area (TPSA) is 61.8 Å². The lowest BCUT2D eigenvalue weighted by molar-refractivity contribution is 1.33. The van der Waals surface area contributed by atoms with Crippen molar-refractivity contribution in [3.8, 4) is 6.07 Å². The first-order chi connectivity index (χ1) is 4.88. The molecule has 0 unspecified atom stereocenters. The van der Waals surface area contributed by atoms with Crippen molar-refractivity contribution in [2.75, 3.05) is 5.43 Å². The standard InChI is InChI=1S/C7H7N3/c8-5-6-3-1-2-4-7(6)10-9/h1-4,10H,9H2. The summed E-state index contributed by atoms with van der Waals surface area (Å²) < 4.78 is 0. The molecule has 0 spiro atoms. The Morgan fingerprint density at radius 2 is 2.10 bits per heavy atom. The summed E-state index contributed by atoms with van der Waals surface area (Å²) in [7, 11) is 0. The third-order valence-electron chi connectivity index (χ3n) is 1.20. The van der Waals surface area contributed by atoms with Gasteiger partial charge in [0.05, 0.1) is 11.3 Å². The second-order valence-corrected chi connectivity index (χ2v) is 1.80. The van der Waals surface area contributed by atoms with Crippen LogP contribution in [-0.2, 0) is 0 Å². The van der Waals surface area contributed by atoms with E-state index in [0.29, 0.717) is 11.3 Å². The zero-order valence-electron chi connectivity index (χ0n) is 5.33. The van der Waals surface area contributed by atoms with Gasteiger partial charge in [-0.1, -0.05) is 12.1 Å². The lowest BCUT2D eigenvalue weighted by Gasteiger charge is -1.99. The zero-order valence-corrected chi connectivity index (χ0v) is 5.33. The van der Waals surface area contributed by atoms with Crippen LogP contribution in [0.25, 0.3) is 0 Å². The van der Waals surface area contributed by atoms with E-state index in [0.717, 1.165) is 0 Å². The predicted octanol–water partition coefficient (Wildman–Crippen LogP) is 0.844. The molecule has 1 aromatic carbocycles. The highest BCUT2D eigenvalue weighted by molar-refractivity contribution is 5.56. The van der Waals surface area contributed by atoms with Gasteiger partial charge in [0.15, 0.2) is 0 Å². The quantitative estimate of drug-likeness (QED) is 0.441. The first-order valence-electron chi connectivity index (χ1n) is 2.84. The second kappa shape index (κ2) is 2.85. The van der Waals surface area contributed by atoms with Gasteiger partial charge in [0, 0.05) is 0 Å². The average Bonchev–Trinajstić information content (AvgIpc) is 2.04. The molecule has 0 fully saturated rings. The minimum absolute atomic E-state index is 0.560. The van der Waals surface area contributed by atoms with Crippen LogP contribution in [0.5, 0.6) is 0 Å². The molecule has 10 heavy (non-hydrogen) atoms. The number of hydrogen-bond donors (Lipinski definition) is 2. The summed E-state index contributed by atoms with van der Waals surface area (Å²) in [6.45, 7) is 0. The summed E-state index contributed by atoms with van der Waals surface area (Å²) in [5, 5.41) is 8.50. The van der Waals surface area contributed by atoms with Gasteiger partial charge in [-0.25, -0.2) is 0 Å². The maximum absolute atomic E-state index is 8.50. The third-order valence-corrected chi connectivity index (χ3v) is 1.20. The van der Waals surface area contributed by atoms with Gasteiger partial charge >= 0.3 is 0 Å². The van der Waals surface area contributed by atoms with Gasteiger partial charge in [-0.2, -0.15) is 5.26 Å². The first-order valence-corrected chi connectivity index (χ1v) is 2.84. The number of nitrogen functional groups attached to an aromatic ring is 1. The van der Waals surface area contributed by atoms with E-state index < -0.39 is 0 Å². The number of nitrogens with two attached hydrogens (primary N) is 1. The molecule has 0 aromatic heterocycles. The van der Waals surface area contributed by atoms with E-state index in [2.05, 4.69) is 5.43 Å². The Labute approximate surface area is 59.0 Å². The van der Waals surface area contributed by atoms with Crippen LogP contribution in [0.1, 0.15) is 5.56 Å². The van der Waals surface area contributed by atoms with Crippen LogP contribution in [0.4, 0.5) is 5.69 Å². The molecule has 1 rings (SSSR count). The SMILES string of the molecule is N#Cc1ccccc1NN. The lowest BCUT2D eigenvalue weighted by Crippen LogP contribution is -2.07. The monoisotopic (exact) mass is 133 g/mol. The Balaban J connectivity index is 3.12. The second-order valence-electron chi connectivity index (χ2n) is 1.80. The summed E-state index contributed by atoms with van der Waals surface area (Å²) in [4.78, 5) is 0. The van der Waals surface area contributed by atoms with Crippen molar-refractivity contribution < 1.29 is 0 Å². The largest absolute Gasteiger partial charge is 0.323 e. The van der Waals surface area contributed by atoms with E-state index in [-0.39, 0.29) is 0 Å². The molecule has 0 saturated carbocycles.